The third-order valence-electron chi connectivity index (χ3n) is 6.92. The van der Waals surface area contributed by atoms with Crippen molar-refractivity contribution in [3.63, 3.8) is 0 Å². The molecule has 1 saturated heterocycles. The summed E-state index contributed by atoms with van der Waals surface area (Å²) in [5.74, 6) is -5.49. The van der Waals surface area contributed by atoms with E-state index >= 15 is 0 Å². The van der Waals surface area contributed by atoms with E-state index in [1.54, 1.807) is 32.9 Å². The van der Waals surface area contributed by atoms with Gasteiger partial charge in [0, 0.05) is 18.9 Å². The van der Waals surface area contributed by atoms with E-state index < -0.39 is 79.4 Å². The molecule has 14 heteroatoms. The van der Waals surface area contributed by atoms with Gasteiger partial charge in [-0.2, -0.15) is 0 Å². The molecule has 2 heterocycles. The maximum Gasteiger partial charge on any atom is 0.337 e. The van der Waals surface area contributed by atoms with Crippen LogP contribution in [0.2, 0.25) is 0 Å². The molecule has 0 saturated carbocycles. The molecule has 1 N–H and O–H groups in total. The molecule has 3 rings (SSSR count). The van der Waals surface area contributed by atoms with Gasteiger partial charge in [-0.05, 0) is 32.8 Å². The summed E-state index contributed by atoms with van der Waals surface area (Å²) < 4.78 is 37.9. The summed E-state index contributed by atoms with van der Waals surface area (Å²) in [4.78, 5) is 68.9. The SMILES string of the molecule is CCOC(C)C(=O)OCOc1c(OC)ccnc1C(=O)N[C@H]1COC(=O)[C@H](Cc2ccccc2)[C@@H](OC(=O)C(C)C)[C@H](C)OC1=O. The third kappa shape index (κ3) is 9.64. The lowest BCUT2D eigenvalue weighted by molar-refractivity contribution is -0.176. The molecular formula is C32H40N2O12. The zero-order chi connectivity index (χ0) is 33.8. The van der Waals surface area contributed by atoms with Crippen LogP contribution in [0.4, 0.5) is 0 Å². The Bertz CT molecular complexity index is 1370. The molecule has 0 spiro atoms. The minimum atomic E-state index is -1.47. The minimum absolute atomic E-state index is 0.0877. The second-order valence-electron chi connectivity index (χ2n) is 10.7. The lowest BCUT2D eigenvalue weighted by Gasteiger charge is -2.29. The average Bonchev–Trinajstić information content (AvgIpc) is 3.07. The number of benzene rings is 1. The number of amides is 1. The van der Waals surface area contributed by atoms with Crippen molar-refractivity contribution in [3.05, 3.63) is 53.9 Å². The first-order valence-electron chi connectivity index (χ1n) is 14.8. The number of carbonyl (C=O) groups excluding carboxylic acids is 5. The minimum Gasteiger partial charge on any atom is -0.493 e. The maximum atomic E-state index is 13.4. The molecule has 1 unspecified atom stereocenters. The number of hydrogen-bond acceptors (Lipinski definition) is 13. The van der Waals surface area contributed by atoms with Crippen LogP contribution in [0.25, 0.3) is 0 Å². The number of ether oxygens (including phenoxy) is 7. The van der Waals surface area contributed by atoms with Crippen molar-refractivity contribution < 1.29 is 57.1 Å². The Hall–Kier alpha value is -4.72. The number of nitrogens with one attached hydrogen (secondary N) is 1. The summed E-state index contributed by atoms with van der Waals surface area (Å²) in [6, 6.07) is 8.99. The molecule has 46 heavy (non-hydrogen) atoms. The van der Waals surface area contributed by atoms with Crippen molar-refractivity contribution in [1.29, 1.82) is 0 Å². The molecule has 1 aromatic carbocycles. The van der Waals surface area contributed by atoms with Gasteiger partial charge in [-0.3, -0.25) is 14.4 Å². The van der Waals surface area contributed by atoms with E-state index in [0.717, 1.165) is 5.56 Å². The van der Waals surface area contributed by atoms with Gasteiger partial charge in [0.1, 0.15) is 18.6 Å². The van der Waals surface area contributed by atoms with Gasteiger partial charge >= 0.3 is 23.9 Å². The van der Waals surface area contributed by atoms with Crippen LogP contribution in [0.5, 0.6) is 11.5 Å². The predicted octanol–water partition coefficient (Wildman–Crippen LogP) is 2.41. The molecule has 1 fully saturated rings. The topological polar surface area (TPSA) is 175 Å². The molecular weight excluding hydrogens is 604 g/mol. The first-order valence-corrected chi connectivity index (χ1v) is 14.8. The largest absolute Gasteiger partial charge is 0.493 e. The fraction of sp³-hybridized carbons (Fsp3) is 0.500. The number of cyclic esters (lactones) is 2. The molecule has 0 aliphatic carbocycles. The van der Waals surface area contributed by atoms with Crippen LogP contribution in [0.15, 0.2) is 42.6 Å². The number of carbonyl (C=O) groups is 5. The zero-order valence-electron chi connectivity index (χ0n) is 26.7. The molecule has 1 aromatic heterocycles. The third-order valence-corrected chi connectivity index (χ3v) is 6.92. The van der Waals surface area contributed by atoms with Crippen LogP contribution < -0.4 is 14.8 Å². The van der Waals surface area contributed by atoms with Crippen molar-refractivity contribution in [2.75, 3.05) is 27.1 Å². The number of rotatable bonds is 13. The van der Waals surface area contributed by atoms with E-state index in [2.05, 4.69) is 10.3 Å². The van der Waals surface area contributed by atoms with Crippen molar-refractivity contribution >= 4 is 29.8 Å². The van der Waals surface area contributed by atoms with Crippen LogP contribution in [-0.4, -0.2) is 86.2 Å². The van der Waals surface area contributed by atoms with E-state index in [1.165, 1.54) is 33.2 Å². The number of esters is 4. The quantitative estimate of drug-likeness (QED) is 0.191. The monoisotopic (exact) mass is 644 g/mol. The van der Waals surface area contributed by atoms with Crippen molar-refractivity contribution in [1.82, 2.24) is 10.3 Å². The lowest BCUT2D eigenvalue weighted by Crippen LogP contribution is -2.47. The van der Waals surface area contributed by atoms with E-state index in [-0.39, 0.29) is 23.6 Å². The van der Waals surface area contributed by atoms with Crippen LogP contribution in [-0.2, 0) is 49.3 Å². The molecule has 1 amide bonds. The number of pyridine rings is 1. The van der Waals surface area contributed by atoms with Crippen molar-refractivity contribution in [2.45, 2.75) is 65.4 Å². The highest BCUT2D eigenvalue weighted by molar-refractivity contribution is 5.98. The molecule has 0 bridgehead atoms. The van der Waals surface area contributed by atoms with Crippen LogP contribution in [0.1, 0.15) is 50.7 Å². The summed E-state index contributed by atoms with van der Waals surface area (Å²) in [5.41, 5.74) is 0.457. The summed E-state index contributed by atoms with van der Waals surface area (Å²) in [6.45, 7) is 7.13. The molecule has 5 atom stereocenters. The normalized spacial score (nSPS) is 20.6. The highest BCUT2D eigenvalue weighted by Gasteiger charge is 2.42. The zero-order valence-corrected chi connectivity index (χ0v) is 26.7. The van der Waals surface area contributed by atoms with E-state index in [4.69, 9.17) is 33.2 Å². The highest BCUT2D eigenvalue weighted by Crippen LogP contribution is 2.30. The molecule has 0 radical (unpaired) electrons. The smallest absolute Gasteiger partial charge is 0.337 e. The number of methoxy groups -OCH3 is 1. The van der Waals surface area contributed by atoms with Gasteiger partial charge in [0.2, 0.25) is 6.79 Å². The Morgan fingerprint density at radius 1 is 1.04 bits per heavy atom. The Labute approximate surface area is 267 Å². The van der Waals surface area contributed by atoms with E-state index in [1.807, 2.05) is 18.2 Å². The summed E-state index contributed by atoms with van der Waals surface area (Å²) in [5, 5.41) is 2.46. The Kier molecular flexibility index (Phi) is 13.3. The molecule has 250 valence electrons. The van der Waals surface area contributed by atoms with Gasteiger partial charge in [0.15, 0.2) is 35.4 Å². The van der Waals surface area contributed by atoms with Gasteiger partial charge in [-0.25, -0.2) is 14.6 Å². The highest BCUT2D eigenvalue weighted by atomic mass is 16.7. The van der Waals surface area contributed by atoms with E-state index in [9.17, 15) is 24.0 Å². The van der Waals surface area contributed by atoms with Gasteiger partial charge in [-0.1, -0.05) is 44.2 Å². The first-order chi connectivity index (χ1) is 22.0. The van der Waals surface area contributed by atoms with Crippen molar-refractivity contribution in [3.8, 4) is 11.5 Å². The average molecular weight is 645 g/mol. The van der Waals surface area contributed by atoms with E-state index in [0.29, 0.717) is 6.61 Å². The Balaban J connectivity index is 1.83. The fourth-order valence-corrected chi connectivity index (χ4v) is 4.45. The van der Waals surface area contributed by atoms with Gasteiger partial charge in [0.05, 0.1) is 13.0 Å². The maximum absolute atomic E-state index is 13.4. The first kappa shape index (κ1) is 35.8. The summed E-state index contributed by atoms with van der Waals surface area (Å²) in [7, 11) is 1.33. The molecule has 1 aliphatic rings. The van der Waals surface area contributed by atoms with Crippen LogP contribution >= 0.6 is 0 Å². The fourth-order valence-electron chi connectivity index (χ4n) is 4.45. The molecule has 1 aliphatic heterocycles. The number of hydrogen-bond donors (Lipinski definition) is 1. The van der Waals surface area contributed by atoms with Crippen LogP contribution in [0, 0.1) is 11.8 Å². The molecule has 2 aromatic rings. The van der Waals surface area contributed by atoms with Gasteiger partial charge in [-0.15, -0.1) is 0 Å². The van der Waals surface area contributed by atoms with Gasteiger partial charge in [0.25, 0.3) is 5.91 Å². The summed E-state index contributed by atoms with van der Waals surface area (Å²) >= 11 is 0. The second-order valence-corrected chi connectivity index (χ2v) is 10.7. The number of nitrogens with zero attached hydrogens (tertiary/aromatic N) is 1. The lowest BCUT2D eigenvalue weighted by atomic mass is 9.91. The Morgan fingerprint density at radius 3 is 2.41 bits per heavy atom. The Morgan fingerprint density at radius 2 is 1.76 bits per heavy atom. The number of aromatic nitrogens is 1. The molecule has 14 nitrogen and oxygen atoms in total. The van der Waals surface area contributed by atoms with Gasteiger partial charge < -0.3 is 38.5 Å². The second kappa shape index (κ2) is 17.1. The standard InChI is InChI=1S/C32H40N2O12/c1-7-41-20(5)30(37)44-17-43-27-24(40-6)13-14-33-25(27)28(35)34-23-16-42-31(38)22(15-21-11-9-8-10-12-21)26(19(4)45-32(23)39)46-29(36)18(2)3/h8-14,18-20,22-23,26H,7,15-17H2,1-6H3,(H,34,35)/t19-,20?,22+,23-,26-/m0/s1. The van der Waals surface area contributed by atoms with Crippen molar-refractivity contribution in [2.24, 2.45) is 11.8 Å². The summed E-state index contributed by atoms with van der Waals surface area (Å²) in [6.07, 6.45) is -1.69. The predicted molar refractivity (Wildman–Crippen MR) is 160 cm³/mol. The van der Waals surface area contributed by atoms with Crippen LogP contribution in [0.3, 0.4) is 0 Å².